The van der Waals surface area contributed by atoms with Crippen LogP contribution in [0.1, 0.15) is 63.9 Å². The van der Waals surface area contributed by atoms with Gasteiger partial charge < -0.3 is 5.21 Å². The fraction of sp³-hybridized carbons (Fsp3) is 0.591. The molecule has 2 rings (SSSR count). The topological polar surface area (TPSA) is 41.3 Å². The second-order valence-electron chi connectivity index (χ2n) is 7.50. The molecule has 0 fully saturated rings. The molecule has 2 aromatic rings. The monoisotopic (exact) mass is 357 g/mol. The van der Waals surface area contributed by atoms with E-state index in [0.29, 0.717) is 11.7 Å². The van der Waals surface area contributed by atoms with Crippen molar-refractivity contribution in [1.82, 2.24) is 14.6 Å². The lowest BCUT2D eigenvalue weighted by Gasteiger charge is -2.21. The van der Waals surface area contributed by atoms with E-state index in [-0.39, 0.29) is 0 Å². The Morgan fingerprint density at radius 2 is 1.69 bits per heavy atom. The van der Waals surface area contributed by atoms with Crippen LogP contribution < -0.4 is 0 Å². The van der Waals surface area contributed by atoms with Crippen molar-refractivity contribution in [3.05, 3.63) is 41.2 Å². The third-order valence-corrected chi connectivity index (χ3v) is 5.03. The predicted molar refractivity (Wildman–Crippen MR) is 109 cm³/mol. The Morgan fingerprint density at radius 3 is 2.23 bits per heavy atom. The molecule has 144 valence electrons. The van der Waals surface area contributed by atoms with Gasteiger partial charge in [0.2, 0.25) is 0 Å². The molecule has 1 atom stereocenters. The van der Waals surface area contributed by atoms with E-state index in [2.05, 4.69) is 51.7 Å². The molecule has 0 saturated heterocycles. The number of imidazole rings is 1. The minimum absolute atomic E-state index is 0.556. The average molecular weight is 358 g/mol. The summed E-state index contributed by atoms with van der Waals surface area (Å²) in [6.07, 6.45) is 4.26. The number of benzene rings is 1. The van der Waals surface area contributed by atoms with E-state index >= 15 is 0 Å². The summed E-state index contributed by atoms with van der Waals surface area (Å²) in [5.74, 6) is 1.21. The lowest BCUT2D eigenvalue weighted by atomic mass is 10.0. The van der Waals surface area contributed by atoms with Crippen LogP contribution in [0.3, 0.4) is 0 Å². The third-order valence-electron chi connectivity index (χ3n) is 5.03. The van der Waals surface area contributed by atoms with E-state index in [1.165, 1.54) is 10.3 Å². The quantitative estimate of drug-likeness (QED) is 0.586. The molecule has 0 bridgehead atoms. The Labute approximate surface area is 158 Å². The van der Waals surface area contributed by atoms with E-state index in [9.17, 15) is 5.21 Å². The van der Waals surface area contributed by atoms with Gasteiger partial charge in [0.1, 0.15) is 0 Å². The highest BCUT2D eigenvalue weighted by molar-refractivity contribution is 5.57. The van der Waals surface area contributed by atoms with Crippen molar-refractivity contribution in [2.45, 2.75) is 66.8 Å². The first kappa shape index (κ1) is 20.5. The van der Waals surface area contributed by atoms with Gasteiger partial charge >= 0.3 is 0 Å². The molecule has 0 aliphatic carbocycles. The van der Waals surface area contributed by atoms with Gasteiger partial charge in [-0.2, -0.15) is 4.73 Å². The molecule has 1 aromatic heterocycles. The van der Waals surface area contributed by atoms with Crippen LogP contribution in [-0.2, 0) is 13.0 Å². The van der Waals surface area contributed by atoms with E-state index in [1.54, 1.807) is 0 Å². The van der Waals surface area contributed by atoms with Crippen LogP contribution in [0.2, 0.25) is 0 Å². The van der Waals surface area contributed by atoms with Gasteiger partial charge in [-0.1, -0.05) is 63.9 Å². The zero-order valence-corrected chi connectivity index (χ0v) is 17.1. The van der Waals surface area contributed by atoms with Crippen LogP contribution in [-0.4, -0.2) is 32.9 Å². The Morgan fingerprint density at radius 1 is 1.08 bits per heavy atom. The summed E-state index contributed by atoms with van der Waals surface area (Å²) in [5.41, 5.74) is 4.16. The molecule has 0 aliphatic heterocycles. The maximum absolute atomic E-state index is 10.9. The van der Waals surface area contributed by atoms with Crippen LogP contribution in [0.15, 0.2) is 24.3 Å². The van der Waals surface area contributed by atoms with Gasteiger partial charge in [-0.3, -0.25) is 4.90 Å². The maximum atomic E-state index is 10.9. The summed E-state index contributed by atoms with van der Waals surface area (Å²) in [6.45, 7) is 13.8. The summed E-state index contributed by atoms with van der Waals surface area (Å²) >= 11 is 0. The molecule has 1 aromatic carbocycles. The first-order valence-electron chi connectivity index (χ1n) is 10.1. The normalized spacial score (nSPS) is 12.7. The fourth-order valence-corrected chi connectivity index (χ4v) is 3.29. The van der Waals surface area contributed by atoms with Gasteiger partial charge in [-0.15, -0.1) is 0 Å². The largest absolute Gasteiger partial charge is 0.427 e. The molecule has 1 unspecified atom stereocenters. The number of nitrogens with zero attached hydrogens (tertiary/aromatic N) is 3. The molecule has 26 heavy (non-hydrogen) atoms. The molecule has 0 aliphatic rings. The molecule has 1 heterocycles. The molecular weight excluding hydrogens is 322 g/mol. The van der Waals surface area contributed by atoms with Gasteiger partial charge in [-0.25, -0.2) is 4.98 Å². The van der Waals surface area contributed by atoms with E-state index in [4.69, 9.17) is 4.98 Å². The fourth-order valence-electron chi connectivity index (χ4n) is 3.29. The highest BCUT2D eigenvalue weighted by Crippen LogP contribution is 2.25. The highest BCUT2D eigenvalue weighted by Gasteiger charge is 2.21. The molecular formula is C22H35N3O. The summed E-state index contributed by atoms with van der Waals surface area (Å²) in [6, 6.07) is 8.21. The number of rotatable bonds is 10. The molecule has 1 N–H and O–H groups in total. The first-order chi connectivity index (χ1) is 12.5. The van der Waals surface area contributed by atoms with Crippen molar-refractivity contribution in [3.8, 4) is 11.4 Å². The second-order valence-corrected chi connectivity index (χ2v) is 7.50. The molecule has 0 amide bonds. The van der Waals surface area contributed by atoms with E-state index in [0.717, 1.165) is 62.3 Å². The van der Waals surface area contributed by atoms with Crippen LogP contribution >= 0.6 is 0 Å². The van der Waals surface area contributed by atoms with Crippen LogP contribution in [0.4, 0.5) is 0 Å². The Balaban J connectivity index is 2.40. The molecule has 0 spiro atoms. The summed E-state index contributed by atoms with van der Waals surface area (Å²) in [7, 11) is 0. The average Bonchev–Trinajstić information content (AvgIpc) is 2.92. The summed E-state index contributed by atoms with van der Waals surface area (Å²) in [4.78, 5) is 7.28. The zero-order valence-electron chi connectivity index (χ0n) is 17.1. The van der Waals surface area contributed by atoms with Crippen molar-refractivity contribution >= 4 is 0 Å². The van der Waals surface area contributed by atoms with Crippen molar-refractivity contribution in [1.29, 1.82) is 0 Å². The van der Waals surface area contributed by atoms with Gasteiger partial charge in [0.15, 0.2) is 5.82 Å². The third kappa shape index (κ3) is 5.10. The molecule has 4 heteroatoms. The van der Waals surface area contributed by atoms with Gasteiger partial charge in [0.05, 0.1) is 11.4 Å². The summed E-state index contributed by atoms with van der Waals surface area (Å²) < 4.78 is 1.33. The van der Waals surface area contributed by atoms with Crippen molar-refractivity contribution in [2.75, 3.05) is 13.1 Å². The smallest absolute Gasteiger partial charge is 0.175 e. The standard InChI is InChI=1S/C22H35N3O/c1-6-13-24(14-7-2)16-21-20(15-17(4)8-3)23-22(25(21)26)19-11-9-18(5)10-12-19/h9-12,17,26H,6-8,13-16H2,1-5H3. The van der Waals surface area contributed by atoms with Crippen molar-refractivity contribution in [3.63, 3.8) is 0 Å². The number of aromatic nitrogens is 2. The van der Waals surface area contributed by atoms with Crippen LogP contribution in [0.25, 0.3) is 11.4 Å². The highest BCUT2D eigenvalue weighted by atomic mass is 16.5. The number of hydrogen-bond donors (Lipinski definition) is 1. The molecule has 0 radical (unpaired) electrons. The molecule has 4 nitrogen and oxygen atoms in total. The lowest BCUT2D eigenvalue weighted by Crippen LogP contribution is -2.27. The lowest BCUT2D eigenvalue weighted by molar-refractivity contribution is 0.162. The first-order valence-corrected chi connectivity index (χ1v) is 10.1. The number of hydrogen-bond acceptors (Lipinski definition) is 3. The second kappa shape index (κ2) is 9.77. The maximum Gasteiger partial charge on any atom is 0.175 e. The van der Waals surface area contributed by atoms with E-state index in [1.807, 2.05) is 12.1 Å². The Kier molecular flexibility index (Phi) is 7.70. The Hall–Kier alpha value is -1.81. The minimum atomic E-state index is 0.556. The SMILES string of the molecule is CCCN(CCC)Cc1c(CC(C)CC)nc(-c2ccc(C)cc2)n1O. The van der Waals surface area contributed by atoms with Crippen molar-refractivity contribution < 1.29 is 5.21 Å². The number of aryl methyl sites for hydroxylation is 1. The predicted octanol–water partition coefficient (Wildman–Crippen LogP) is 5.31. The van der Waals surface area contributed by atoms with Crippen LogP contribution in [0, 0.1) is 12.8 Å². The zero-order chi connectivity index (χ0) is 19.1. The minimum Gasteiger partial charge on any atom is -0.427 e. The van der Waals surface area contributed by atoms with Gasteiger partial charge in [0, 0.05) is 12.1 Å². The van der Waals surface area contributed by atoms with Gasteiger partial charge in [-0.05, 0) is 45.2 Å². The Bertz CT molecular complexity index is 669. The van der Waals surface area contributed by atoms with Crippen LogP contribution in [0.5, 0.6) is 0 Å². The molecule has 0 saturated carbocycles. The van der Waals surface area contributed by atoms with Gasteiger partial charge in [0.25, 0.3) is 0 Å². The van der Waals surface area contributed by atoms with E-state index < -0.39 is 0 Å². The summed E-state index contributed by atoms with van der Waals surface area (Å²) in [5, 5.41) is 10.9. The van der Waals surface area contributed by atoms with Crippen molar-refractivity contribution in [2.24, 2.45) is 5.92 Å².